The van der Waals surface area contributed by atoms with Gasteiger partial charge in [-0.05, 0) is 31.8 Å². The van der Waals surface area contributed by atoms with Gasteiger partial charge in [0.05, 0.1) is 0 Å². The van der Waals surface area contributed by atoms with Gasteiger partial charge in [0.15, 0.2) is 0 Å². The summed E-state index contributed by atoms with van der Waals surface area (Å²) in [7, 11) is 4.00. The van der Waals surface area contributed by atoms with Crippen LogP contribution in [0.4, 0.5) is 0 Å². The minimum absolute atomic E-state index is 0.0131. The van der Waals surface area contributed by atoms with Crippen LogP contribution in [0.15, 0.2) is 42.2 Å². The van der Waals surface area contributed by atoms with Crippen molar-refractivity contribution in [3.05, 3.63) is 52.8 Å². The first kappa shape index (κ1) is 16.3. The zero-order chi connectivity index (χ0) is 15.8. The van der Waals surface area contributed by atoms with Gasteiger partial charge in [-0.3, -0.25) is 9.78 Å². The van der Waals surface area contributed by atoms with Gasteiger partial charge in [-0.1, -0.05) is 6.07 Å². The van der Waals surface area contributed by atoms with E-state index in [4.69, 9.17) is 0 Å². The van der Waals surface area contributed by atoms with E-state index in [1.807, 2.05) is 36.5 Å². The third kappa shape index (κ3) is 5.38. The van der Waals surface area contributed by atoms with Crippen LogP contribution in [0.2, 0.25) is 0 Å². The molecule has 0 aliphatic carbocycles. The number of aromatic nitrogens is 2. The Morgan fingerprint density at radius 2 is 2.18 bits per heavy atom. The Hall–Kier alpha value is -2.05. The zero-order valence-corrected chi connectivity index (χ0v) is 13.7. The SMILES string of the molecule is CN(C)CCN(Cc1cccnc1)C(=O)/C=C\c1nccs1. The molecule has 1 amide bonds. The van der Waals surface area contributed by atoms with Crippen LogP contribution in [-0.4, -0.2) is 52.9 Å². The number of pyridine rings is 1. The molecule has 6 heteroatoms. The van der Waals surface area contributed by atoms with Crippen LogP contribution < -0.4 is 0 Å². The van der Waals surface area contributed by atoms with E-state index in [1.54, 1.807) is 30.7 Å². The molecule has 0 aromatic carbocycles. The van der Waals surface area contributed by atoms with Crippen molar-refractivity contribution >= 4 is 23.3 Å². The molecule has 0 bridgehead atoms. The molecule has 2 aromatic heterocycles. The smallest absolute Gasteiger partial charge is 0.247 e. The summed E-state index contributed by atoms with van der Waals surface area (Å²) in [4.78, 5) is 24.6. The van der Waals surface area contributed by atoms with Crippen molar-refractivity contribution in [2.45, 2.75) is 6.54 Å². The van der Waals surface area contributed by atoms with Gasteiger partial charge in [0.1, 0.15) is 5.01 Å². The number of carbonyl (C=O) groups excluding carboxylic acids is 1. The maximum absolute atomic E-state index is 12.4. The topological polar surface area (TPSA) is 49.3 Å². The second-order valence-corrected chi connectivity index (χ2v) is 6.05. The van der Waals surface area contributed by atoms with Crippen LogP contribution in [0.5, 0.6) is 0 Å². The predicted molar refractivity (Wildman–Crippen MR) is 89.4 cm³/mol. The Kier molecular flexibility index (Phi) is 6.24. The van der Waals surface area contributed by atoms with Crippen molar-refractivity contribution in [1.29, 1.82) is 0 Å². The zero-order valence-electron chi connectivity index (χ0n) is 12.8. The van der Waals surface area contributed by atoms with Crippen molar-refractivity contribution in [3.63, 3.8) is 0 Å². The minimum atomic E-state index is -0.0131. The van der Waals surface area contributed by atoms with Gasteiger partial charge in [0.25, 0.3) is 0 Å². The number of nitrogens with zero attached hydrogens (tertiary/aromatic N) is 4. The lowest BCUT2D eigenvalue weighted by atomic mass is 10.2. The molecule has 2 rings (SSSR count). The molecule has 2 aromatic rings. The average Bonchev–Trinajstić information content (AvgIpc) is 3.03. The lowest BCUT2D eigenvalue weighted by Crippen LogP contribution is -2.35. The Balaban J connectivity index is 2.04. The van der Waals surface area contributed by atoms with Crippen LogP contribution in [-0.2, 0) is 11.3 Å². The van der Waals surface area contributed by atoms with Crippen LogP contribution in [0.3, 0.4) is 0 Å². The fraction of sp³-hybridized carbons (Fsp3) is 0.312. The molecular formula is C16H20N4OS. The average molecular weight is 316 g/mol. The standard InChI is InChI=1S/C16H20N4OS/c1-19(2)9-10-20(13-14-4-3-7-17-12-14)16(21)6-5-15-18-8-11-22-15/h3-8,11-12H,9-10,13H2,1-2H3/b6-5-. The molecule has 0 saturated carbocycles. The minimum Gasteiger partial charge on any atom is -0.333 e. The predicted octanol–water partition coefficient (Wildman–Crippen LogP) is 2.14. The van der Waals surface area contributed by atoms with E-state index in [2.05, 4.69) is 14.9 Å². The first-order valence-electron chi connectivity index (χ1n) is 7.05. The summed E-state index contributed by atoms with van der Waals surface area (Å²) < 4.78 is 0. The van der Waals surface area contributed by atoms with Crippen molar-refractivity contribution in [3.8, 4) is 0 Å². The van der Waals surface area contributed by atoms with Gasteiger partial charge in [-0.25, -0.2) is 4.98 Å². The van der Waals surface area contributed by atoms with Crippen molar-refractivity contribution in [2.75, 3.05) is 27.2 Å². The third-order valence-electron chi connectivity index (χ3n) is 3.04. The molecule has 0 unspecified atom stereocenters. The molecule has 2 heterocycles. The highest BCUT2D eigenvalue weighted by Gasteiger charge is 2.12. The van der Waals surface area contributed by atoms with Gasteiger partial charge in [0, 0.05) is 49.7 Å². The molecule has 0 aliphatic heterocycles. The first-order chi connectivity index (χ1) is 10.6. The molecule has 0 saturated heterocycles. The molecular weight excluding hydrogens is 296 g/mol. The number of amides is 1. The van der Waals surface area contributed by atoms with Crippen molar-refractivity contribution < 1.29 is 4.79 Å². The van der Waals surface area contributed by atoms with E-state index < -0.39 is 0 Å². The molecule has 0 fully saturated rings. The fourth-order valence-corrected chi connectivity index (χ4v) is 2.39. The van der Waals surface area contributed by atoms with Crippen LogP contribution in [0.25, 0.3) is 6.08 Å². The van der Waals surface area contributed by atoms with E-state index in [0.717, 1.165) is 17.1 Å². The summed E-state index contributed by atoms with van der Waals surface area (Å²) >= 11 is 1.51. The van der Waals surface area contributed by atoms with E-state index in [1.165, 1.54) is 11.3 Å². The highest BCUT2D eigenvalue weighted by atomic mass is 32.1. The van der Waals surface area contributed by atoms with E-state index >= 15 is 0 Å². The highest BCUT2D eigenvalue weighted by Crippen LogP contribution is 2.08. The van der Waals surface area contributed by atoms with Crippen LogP contribution in [0, 0.1) is 0 Å². The summed E-state index contributed by atoms with van der Waals surface area (Å²) in [5.41, 5.74) is 1.03. The highest BCUT2D eigenvalue weighted by molar-refractivity contribution is 7.10. The number of likely N-dealkylation sites (N-methyl/N-ethyl adjacent to an activating group) is 1. The number of hydrogen-bond acceptors (Lipinski definition) is 5. The number of thiazole rings is 1. The monoisotopic (exact) mass is 316 g/mol. The molecule has 0 spiro atoms. The molecule has 0 radical (unpaired) electrons. The normalized spacial score (nSPS) is 11.2. The van der Waals surface area contributed by atoms with Crippen LogP contribution >= 0.6 is 11.3 Å². The fourth-order valence-electron chi connectivity index (χ4n) is 1.86. The summed E-state index contributed by atoms with van der Waals surface area (Å²) in [5, 5.41) is 2.73. The first-order valence-corrected chi connectivity index (χ1v) is 7.93. The molecule has 0 atom stereocenters. The van der Waals surface area contributed by atoms with Crippen molar-refractivity contribution in [1.82, 2.24) is 19.8 Å². The van der Waals surface area contributed by atoms with Gasteiger partial charge >= 0.3 is 0 Å². The largest absolute Gasteiger partial charge is 0.333 e. The van der Waals surface area contributed by atoms with Crippen molar-refractivity contribution in [2.24, 2.45) is 0 Å². The van der Waals surface area contributed by atoms with E-state index in [9.17, 15) is 4.79 Å². The summed E-state index contributed by atoms with van der Waals surface area (Å²) in [6, 6.07) is 3.86. The summed E-state index contributed by atoms with van der Waals surface area (Å²) in [6.07, 6.45) is 8.61. The van der Waals surface area contributed by atoms with Crippen LogP contribution in [0.1, 0.15) is 10.6 Å². The second-order valence-electron chi connectivity index (χ2n) is 5.13. The quantitative estimate of drug-likeness (QED) is 0.734. The number of rotatable bonds is 7. The molecule has 0 aliphatic rings. The van der Waals surface area contributed by atoms with Gasteiger partial charge in [-0.15, -0.1) is 11.3 Å². The number of carbonyl (C=O) groups is 1. The summed E-state index contributed by atoms with van der Waals surface area (Å²) in [6.45, 7) is 2.04. The lowest BCUT2D eigenvalue weighted by Gasteiger charge is -2.23. The third-order valence-corrected chi connectivity index (χ3v) is 3.79. The number of hydrogen-bond donors (Lipinski definition) is 0. The maximum atomic E-state index is 12.4. The van der Waals surface area contributed by atoms with Gasteiger partial charge < -0.3 is 9.80 Å². The maximum Gasteiger partial charge on any atom is 0.247 e. The van der Waals surface area contributed by atoms with Gasteiger partial charge in [0.2, 0.25) is 5.91 Å². The summed E-state index contributed by atoms with van der Waals surface area (Å²) in [5.74, 6) is -0.0131. The van der Waals surface area contributed by atoms with E-state index in [0.29, 0.717) is 13.1 Å². The Bertz CT molecular complexity index is 596. The van der Waals surface area contributed by atoms with Gasteiger partial charge in [-0.2, -0.15) is 0 Å². The second kappa shape index (κ2) is 8.41. The molecule has 5 nitrogen and oxygen atoms in total. The Morgan fingerprint density at radius 1 is 1.32 bits per heavy atom. The Morgan fingerprint density at radius 3 is 2.82 bits per heavy atom. The van der Waals surface area contributed by atoms with E-state index in [-0.39, 0.29) is 5.91 Å². The Labute approximate surface area is 134 Å². The molecule has 0 N–H and O–H groups in total. The molecule has 22 heavy (non-hydrogen) atoms. The lowest BCUT2D eigenvalue weighted by molar-refractivity contribution is -0.126. The molecule has 116 valence electrons.